The van der Waals surface area contributed by atoms with Gasteiger partial charge in [0.2, 0.25) is 0 Å². The van der Waals surface area contributed by atoms with Gasteiger partial charge in [0.1, 0.15) is 5.75 Å². The van der Waals surface area contributed by atoms with Crippen LogP contribution in [0.5, 0.6) is 5.75 Å². The third-order valence-electron chi connectivity index (χ3n) is 7.64. The summed E-state index contributed by atoms with van der Waals surface area (Å²) in [6, 6.07) is 13.4. The lowest BCUT2D eigenvalue weighted by Crippen LogP contribution is -2.35. The van der Waals surface area contributed by atoms with Crippen molar-refractivity contribution in [1.82, 2.24) is 10.2 Å². The number of fused-ring (bicyclic) bond motifs is 1. The molecule has 5 rings (SSSR count). The Kier molecular flexibility index (Phi) is 8.23. The van der Waals surface area contributed by atoms with E-state index in [1.54, 1.807) is 6.07 Å². The zero-order valence-corrected chi connectivity index (χ0v) is 23.2. The summed E-state index contributed by atoms with van der Waals surface area (Å²) in [5.41, 5.74) is 2.28. The fourth-order valence-electron chi connectivity index (χ4n) is 5.36. The van der Waals surface area contributed by atoms with Crippen LogP contribution in [-0.2, 0) is 19.1 Å². The van der Waals surface area contributed by atoms with Gasteiger partial charge in [0, 0.05) is 23.6 Å². The molecule has 2 atom stereocenters. The fourth-order valence-corrected chi connectivity index (χ4v) is 5.36. The summed E-state index contributed by atoms with van der Waals surface area (Å²) >= 11 is 0. The van der Waals surface area contributed by atoms with Crippen LogP contribution in [0.3, 0.4) is 0 Å². The van der Waals surface area contributed by atoms with Gasteiger partial charge in [-0.3, -0.25) is 14.4 Å². The van der Waals surface area contributed by atoms with E-state index >= 15 is 0 Å². The quantitative estimate of drug-likeness (QED) is 0.309. The van der Waals surface area contributed by atoms with Crippen molar-refractivity contribution in [2.75, 3.05) is 13.8 Å². The van der Waals surface area contributed by atoms with Crippen LogP contribution in [0.1, 0.15) is 53.4 Å². The van der Waals surface area contributed by atoms with E-state index in [0.29, 0.717) is 29.7 Å². The van der Waals surface area contributed by atoms with Gasteiger partial charge in [0.05, 0.1) is 5.92 Å². The van der Waals surface area contributed by atoms with Gasteiger partial charge in [-0.25, -0.2) is 9.69 Å². The molecule has 8 nitrogen and oxygen atoms in total. The molecule has 39 heavy (non-hydrogen) atoms. The van der Waals surface area contributed by atoms with E-state index in [1.807, 2.05) is 64.1 Å². The summed E-state index contributed by atoms with van der Waals surface area (Å²) in [6.45, 7) is 7.83. The van der Waals surface area contributed by atoms with Gasteiger partial charge in [0.15, 0.2) is 6.73 Å². The van der Waals surface area contributed by atoms with Gasteiger partial charge in [0.25, 0.3) is 11.8 Å². The summed E-state index contributed by atoms with van der Waals surface area (Å²) in [4.78, 5) is 49.2. The summed E-state index contributed by atoms with van der Waals surface area (Å²) in [5.74, 6) is -0.355. The van der Waals surface area contributed by atoms with E-state index in [4.69, 9.17) is 9.47 Å². The van der Waals surface area contributed by atoms with Crippen LogP contribution in [0.4, 0.5) is 4.79 Å². The van der Waals surface area contributed by atoms with E-state index in [-0.39, 0.29) is 41.8 Å². The Bertz CT molecular complexity index is 1330. The molecule has 8 heteroatoms. The maximum absolute atomic E-state index is 12.4. The standard InChI is InChI=1S/C19H25NO4.C12H11NO2/c1-11(2)9-14-15(19(14,3)4)18(23)24-10-20-16(21)12-7-5-6-8-13(12)17(20)22;1-13-12(14)15-11-8-4-6-9-5-2-3-7-10(9)11/h9,14-15H,5-8,10H2,1-4H3;2-8H,1H3,(H,13,14). The third-order valence-corrected chi connectivity index (χ3v) is 7.64. The van der Waals surface area contributed by atoms with Crippen LogP contribution in [0.15, 0.2) is 65.3 Å². The number of nitrogens with one attached hydrogen (secondary N) is 1. The number of ether oxygens (including phenoxy) is 2. The lowest BCUT2D eigenvalue weighted by atomic mass is 9.93. The number of rotatable bonds is 5. The number of carbonyl (C=O) groups is 4. The number of imide groups is 1. The van der Waals surface area contributed by atoms with Crippen molar-refractivity contribution in [2.24, 2.45) is 17.3 Å². The van der Waals surface area contributed by atoms with Crippen LogP contribution in [0.2, 0.25) is 0 Å². The molecule has 2 aromatic rings. The second-order valence-corrected chi connectivity index (χ2v) is 11.0. The zero-order chi connectivity index (χ0) is 28.3. The second kappa shape index (κ2) is 11.4. The molecule has 1 aliphatic heterocycles. The molecule has 3 aliphatic rings. The first kappa shape index (κ1) is 28.1. The smallest absolute Gasteiger partial charge is 0.412 e. The van der Waals surface area contributed by atoms with Crippen molar-refractivity contribution < 1.29 is 28.7 Å². The SMILES string of the molecule is CC(C)=CC1C(C(=O)OCN2C(=O)C3=C(CCCC3)C2=O)C1(C)C.CNC(=O)Oc1cccc2ccccc12. The highest BCUT2D eigenvalue weighted by atomic mass is 16.6. The summed E-state index contributed by atoms with van der Waals surface area (Å²) in [5, 5.41) is 4.41. The lowest BCUT2D eigenvalue weighted by molar-refractivity contribution is -0.156. The molecule has 1 N–H and O–H groups in total. The van der Waals surface area contributed by atoms with E-state index in [1.165, 1.54) is 12.6 Å². The van der Waals surface area contributed by atoms with E-state index in [9.17, 15) is 19.2 Å². The molecule has 2 aliphatic carbocycles. The molecule has 0 radical (unpaired) electrons. The van der Waals surface area contributed by atoms with Crippen molar-refractivity contribution in [3.05, 3.63) is 65.3 Å². The first-order valence-corrected chi connectivity index (χ1v) is 13.3. The van der Waals surface area contributed by atoms with Crippen LogP contribution in [0.25, 0.3) is 10.8 Å². The Labute approximate surface area is 229 Å². The molecule has 0 bridgehead atoms. The number of nitrogens with zero attached hydrogens (tertiary/aromatic N) is 1. The topological polar surface area (TPSA) is 102 Å². The number of hydrogen-bond donors (Lipinski definition) is 1. The van der Waals surface area contributed by atoms with Gasteiger partial charge >= 0.3 is 12.1 Å². The third kappa shape index (κ3) is 5.90. The van der Waals surface area contributed by atoms with Crippen molar-refractivity contribution >= 4 is 34.6 Å². The number of carbonyl (C=O) groups excluding carboxylic acids is 4. The largest absolute Gasteiger partial charge is 0.443 e. The summed E-state index contributed by atoms with van der Waals surface area (Å²) in [7, 11) is 1.54. The van der Waals surface area contributed by atoms with Crippen molar-refractivity contribution in [3.63, 3.8) is 0 Å². The molecule has 0 spiro atoms. The van der Waals surface area contributed by atoms with Crippen molar-refractivity contribution in [2.45, 2.75) is 53.4 Å². The maximum atomic E-state index is 12.4. The number of benzene rings is 2. The lowest BCUT2D eigenvalue weighted by Gasteiger charge is -2.15. The van der Waals surface area contributed by atoms with Crippen molar-refractivity contribution in [1.29, 1.82) is 0 Å². The molecule has 1 heterocycles. The Morgan fingerprint density at radius 1 is 1.00 bits per heavy atom. The summed E-state index contributed by atoms with van der Waals surface area (Å²) in [6.07, 6.45) is 4.83. The molecular weight excluding hydrogens is 496 g/mol. The average Bonchev–Trinajstić information content (AvgIpc) is 3.36. The second-order valence-electron chi connectivity index (χ2n) is 11.0. The van der Waals surface area contributed by atoms with Crippen LogP contribution in [0, 0.1) is 17.3 Å². The van der Waals surface area contributed by atoms with Gasteiger partial charge in [-0.15, -0.1) is 0 Å². The Morgan fingerprint density at radius 2 is 1.62 bits per heavy atom. The molecule has 0 saturated heterocycles. The minimum absolute atomic E-state index is 0.134. The molecule has 206 valence electrons. The molecular formula is C31H36N2O6. The first-order valence-electron chi connectivity index (χ1n) is 13.3. The first-order chi connectivity index (χ1) is 18.6. The predicted octanol–water partition coefficient (Wildman–Crippen LogP) is 5.52. The molecule has 0 aromatic heterocycles. The zero-order valence-electron chi connectivity index (χ0n) is 23.2. The van der Waals surface area contributed by atoms with Gasteiger partial charge in [-0.1, -0.05) is 61.9 Å². The molecule has 3 amide bonds. The molecule has 2 unspecified atom stereocenters. The number of esters is 1. The van der Waals surface area contributed by atoms with Gasteiger partial charge in [-0.2, -0.15) is 0 Å². The van der Waals surface area contributed by atoms with Crippen LogP contribution in [-0.4, -0.2) is 42.6 Å². The van der Waals surface area contributed by atoms with E-state index in [2.05, 4.69) is 11.4 Å². The van der Waals surface area contributed by atoms with Crippen LogP contribution < -0.4 is 10.1 Å². The van der Waals surface area contributed by atoms with Gasteiger partial charge in [-0.05, 0) is 62.3 Å². The summed E-state index contributed by atoms with van der Waals surface area (Å²) < 4.78 is 10.5. The van der Waals surface area contributed by atoms with E-state index in [0.717, 1.165) is 28.5 Å². The number of hydrogen-bond acceptors (Lipinski definition) is 6. The minimum Gasteiger partial charge on any atom is -0.443 e. The van der Waals surface area contributed by atoms with E-state index < -0.39 is 6.09 Å². The van der Waals surface area contributed by atoms with Crippen molar-refractivity contribution in [3.8, 4) is 5.75 Å². The Balaban J connectivity index is 0.000000202. The maximum Gasteiger partial charge on any atom is 0.412 e. The highest BCUT2D eigenvalue weighted by molar-refractivity contribution is 6.19. The van der Waals surface area contributed by atoms with Gasteiger partial charge < -0.3 is 14.8 Å². The molecule has 1 fully saturated rings. The number of allylic oxidation sites excluding steroid dienone is 2. The Hall–Kier alpha value is -3.94. The highest BCUT2D eigenvalue weighted by Gasteiger charge is 2.61. The predicted molar refractivity (Wildman–Crippen MR) is 148 cm³/mol. The minimum atomic E-state index is -0.452. The monoisotopic (exact) mass is 532 g/mol. The highest BCUT2D eigenvalue weighted by Crippen LogP contribution is 2.59. The molecule has 1 saturated carbocycles. The molecule has 2 aromatic carbocycles. The fraction of sp³-hybridized carbons (Fsp3) is 0.419. The van der Waals surface area contributed by atoms with Crippen LogP contribution >= 0.6 is 0 Å². The number of amides is 3. The Morgan fingerprint density at radius 3 is 2.23 bits per heavy atom. The normalized spacial score (nSPS) is 21.0. The average molecular weight is 533 g/mol.